The maximum Gasteiger partial charge on any atom is 0.191 e. The SMILES string of the molecule is CN=C(NCc1cc(F)ccc1SC)NCc1c(C)nn(C)c1C. The summed E-state index contributed by atoms with van der Waals surface area (Å²) in [5.74, 6) is 0.447. The maximum absolute atomic E-state index is 13.5. The van der Waals surface area contributed by atoms with Crippen molar-refractivity contribution in [3.63, 3.8) is 0 Å². The van der Waals surface area contributed by atoms with Crippen LogP contribution in [0.15, 0.2) is 28.1 Å². The molecule has 0 saturated carbocycles. The third kappa shape index (κ3) is 4.29. The number of thioether (sulfide) groups is 1. The van der Waals surface area contributed by atoms with E-state index in [0.717, 1.165) is 27.4 Å². The summed E-state index contributed by atoms with van der Waals surface area (Å²) >= 11 is 1.60. The molecule has 0 aliphatic carbocycles. The average molecular weight is 349 g/mol. The van der Waals surface area contributed by atoms with Crippen molar-refractivity contribution in [2.45, 2.75) is 31.8 Å². The molecule has 7 heteroatoms. The van der Waals surface area contributed by atoms with Crippen LogP contribution in [0.1, 0.15) is 22.5 Å². The molecular formula is C17H24FN5S. The lowest BCUT2D eigenvalue weighted by Gasteiger charge is -2.14. The Bertz CT molecular complexity index is 739. The van der Waals surface area contributed by atoms with E-state index in [1.54, 1.807) is 30.9 Å². The van der Waals surface area contributed by atoms with E-state index < -0.39 is 0 Å². The van der Waals surface area contributed by atoms with Gasteiger partial charge in [-0.25, -0.2) is 4.39 Å². The normalized spacial score (nSPS) is 11.7. The molecule has 0 spiro atoms. The molecule has 2 rings (SSSR count). The number of nitrogens with one attached hydrogen (secondary N) is 2. The van der Waals surface area contributed by atoms with Crippen LogP contribution in [-0.4, -0.2) is 29.0 Å². The molecule has 1 aromatic heterocycles. The molecule has 130 valence electrons. The number of rotatable bonds is 5. The highest BCUT2D eigenvalue weighted by atomic mass is 32.2. The molecule has 0 atom stereocenters. The lowest BCUT2D eigenvalue weighted by Crippen LogP contribution is -2.36. The molecule has 0 radical (unpaired) electrons. The second-order valence-corrected chi connectivity index (χ2v) is 6.36. The van der Waals surface area contributed by atoms with Crippen LogP contribution < -0.4 is 10.6 Å². The standard InChI is InChI=1S/C17H24FN5S/c1-11-15(12(2)23(4)22-11)10-21-17(19-3)20-9-13-8-14(18)6-7-16(13)24-5/h6-8H,9-10H2,1-5H3,(H2,19,20,21). The molecule has 0 aliphatic rings. The molecule has 0 unspecified atom stereocenters. The van der Waals surface area contributed by atoms with E-state index in [-0.39, 0.29) is 5.82 Å². The molecule has 1 heterocycles. The van der Waals surface area contributed by atoms with Crippen molar-refractivity contribution < 1.29 is 4.39 Å². The zero-order valence-corrected chi connectivity index (χ0v) is 15.6. The number of benzene rings is 1. The highest BCUT2D eigenvalue weighted by Crippen LogP contribution is 2.21. The summed E-state index contributed by atoms with van der Waals surface area (Å²) in [7, 11) is 3.66. The summed E-state index contributed by atoms with van der Waals surface area (Å²) in [6.07, 6.45) is 1.98. The summed E-state index contributed by atoms with van der Waals surface area (Å²) in [4.78, 5) is 5.28. The van der Waals surface area contributed by atoms with Gasteiger partial charge in [0.2, 0.25) is 0 Å². The van der Waals surface area contributed by atoms with Gasteiger partial charge in [0.05, 0.1) is 5.69 Å². The molecule has 1 aromatic carbocycles. The lowest BCUT2D eigenvalue weighted by molar-refractivity contribution is 0.622. The van der Waals surface area contributed by atoms with Gasteiger partial charge in [-0.15, -0.1) is 11.8 Å². The van der Waals surface area contributed by atoms with Gasteiger partial charge in [-0.2, -0.15) is 5.10 Å². The lowest BCUT2D eigenvalue weighted by atomic mass is 10.2. The fourth-order valence-electron chi connectivity index (χ4n) is 2.53. The fraction of sp³-hybridized carbons (Fsp3) is 0.412. The minimum atomic E-state index is -0.228. The Hall–Kier alpha value is -2.02. The first-order valence-corrected chi connectivity index (χ1v) is 8.94. The molecule has 2 aromatic rings. The van der Waals surface area contributed by atoms with Gasteiger partial charge in [0.1, 0.15) is 5.82 Å². The summed E-state index contributed by atoms with van der Waals surface area (Å²) < 4.78 is 15.3. The van der Waals surface area contributed by atoms with Crippen molar-refractivity contribution in [2.75, 3.05) is 13.3 Å². The zero-order valence-electron chi connectivity index (χ0n) is 14.8. The highest BCUT2D eigenvalue weighted by molar-refractivity contribution is 7.98. The largest absolute Gasteiger partial charge is 0.352 e. The van der Waals surface area contributed by atoms with Crippen molar-refractivity contribution >= 4 is 17.7 Å². The first-order chi connectivity index (χ1) is 11.5. The predicted octanol–water partition coefficient (Wildman–Crippen LogP) is 2.76. The number of aryl methyl sites for hydroxylation is 2. The fourth-order valence-corrected chi connectivity index (χ4v) is 3.13. The van der Waals surface area contributed by atoms with Gasteiger partial charge >= 0.3 is 0 Å². The van der Waals surface area contributed by atoms with E-state index in [0.29, 0.717) is 19.0 Å². The third-order valence-electron chi connectivity index (χ3n) is 4.00. The Morgan fingerprint density at radius 2 is 2.00 bits per heavy atom. The van der Waals surface area contributed by atoms with Crippen LogP contribution in [0, 0.1) is 19.7 Å². The van der Waals surface area contributed by atoms with Gasteiger partial charge in [-0.05, 0) is 43.9 Å². The zero-order chi connectivity index (χ0) is 17.7. The van der Waals surface area contributed by atoms with Gasteiger partial charge in [0.25, 0.3) is 0 Å². The van der Waals surface area contributed by atoms with Crippen molar-refractivity contribution in [1.82, 2.24) is 20.4 Å². The van der Waals surface area contributed by atoms with Crippen LogP contribution in [-0.2, 0) is 20.1 Å². The number of hydrogen-bond donors (Lipinski definition) is 2. The van der Waals surface area contributed by atoms with E-state index in [2.05, 4.69) is 20.7 Å². The van der Waals surface area contributed by atoms with E-state index in [1.807, 2.05) is 31.8 Å². The summed E-state index contributed by atoms with van der Waals surface area (Å²) in [6, 6.07) is 4.84. The van der Waals surface area contributed by atoms with Crippen LogP contribution in [0.4, 0.5) is 4.39 Å². The minimum absolute atomic E-state index is 0.228. The molecule has 0 fully saturated rings. The van der Waals surface area contributed by atoms with Crippen molar-refractivity contribution in [3.05, 3.63) is 46.5 Å². The molecule has 5 nitrogen and oxygen atoms in total. The molecule has 0 bridgehead atoms. The first-order valence-electron chi connectivity index (χ1n) is 7.72. The van der Waals surface area contributed by atoms with E-state index in [4.69, 9.17) is 0 Å². The summed E-state index contributed by atoms with van der Waals surface area (Å²) in [5.41, 5.74) is 4.22. The van der Waals surface area contributed by atoms with Gasteiger partial charge in [-0.1, -0.05) is 0 Å². The first kappa shape index (κ1) is 18.3. The van der Waals surface area contributed by atoms with E-state index >= 15 is 0 Å². The smallest absolute Gasteiger partial charge is 0.191 e. The maximum atomic E-state index is 13.5. The number of halogens is 1. The quantitative estimate of drug-likeness (QED) is 0.495. The topological polar surface area (TPSA) is 54.2 Å². The van der Waals surface area contributed by atoms with Crippen LogP contribution >= 0.6 is 11.8 Å². The third-order valence-corrected chi connectivity index (χ3v) is 4.84. The number of aliphatic imine (C=N–C) groups is 1. The van der Waals surface area contributed by atoms with Gasteiger partial charge in [0.15, 0.2) is 5.96 Å². The van der Waals surface area contributed by atoms with Crippen LogP contribution in [0.5, 0.6) is 0 Å². The monoisotopic (exact) mass is 349 g/mol. The van der Waals surface area contributed by atoms with Crippen molar-refractivity contribution in [2.24, 2.45) is 12.0 Å². The number of nitrogens with zero attached hydrogens (tertiary/aromatic N) is 3. The number of aromatic nitrogens is 2. The van der Waals surface area contributed by atoms with Gasteiger partial charge < -0.3 is 10.6 Å². The Balaban J connectivity index is 2.00. The Morgan fingerprint density at radius 3 is 2.58 bits per heavy atom. The van der Waals surface area contributed by atoms with Crippen LogP contribution in [0.2, 0.25) is 0 Å². The Kier molecular flexibility index (Phi) is 6.25. The number of guanidine groups is 1. The Morgan fingerprint density at radius 1 is 1.29 bits per heavy atom. The molecule has 0 aliphatic heterocycles. The van der Waals surface area contributed by atoms with E-state index in [9.17, 15) is 4.39 Å². The summed E-state index contributed by atoms with van der Waals surface area (Å²) in [5, 5.41) is 10.9. The molecule has 0 amide bonds. The number of hydrogen-bond acceptors (Lipinski definition) is 3. The molecular weight excluding hydrogens is 325 g/mol. The minimum Gasteiger partial charge on any atom is -0.352 e. The molecule has 2 N–H and O–H groups in total. The van der Waals surface area contributed by atoms with Crippen molar-refractivity contribution in [3.8, 4) is 0 Å². The molecule has 24 heavy (non-hydrogen) atoms. The van der Waals surface area contributed by atoms with E-state index in [1.165, 1.54) is 6.07 Å². The second-order valence-electron chi connectivity index (χ2n) is 5.51. The Labute approximate surface area is 146 Å². The van der Waals surface area contributed by atoms with Gasteiger partial charge in [-0.3, -0.25) is 9.67 Å². The predicted molar refractivity (Wildman–Crippen MR) is 97.9 cm³/mol. The van der Waals surface area contributed by atoms with Crippen LogP contribution in [0.3, 0.4) is 0 Å². The van der Waals surface area contributed by atoms with Crippen molar-refractivity contribution in [1.29, 1.82) is 0 Å². The van der Waals surface area contributed by atoms with Crippen LogP contribution in [0.25, 0.3) is 0 Å². The average Bonchev–Trinajstić information content (AvgIpc) is 2.80. The molecule has 0 saturated heterocycles. The summed E-state index contributed by atoms with van der Waals surface area (Å²) in [6.45, 7) is 5.20. The van der Waals surface area contributed by atoms with Gasteiger partial charge in [0, 0.05) is 43.3 Å². The second kappa shape index (κ2) is 8.19. The highest BCUT2D eigenvalue weighted by Gasteiger charge is 2.10.